The lowest BCUT2D eigenvalue weighted by molar-refractivity contribution is 0.573. The van der Waals surface area contributed by atoms with E-state index in [9.17, 15) is 26.8 Å². The highest BCUT2D eigenvalue weighted by Gasteiger charge is 2.15. The van der Waals surface area contributed by atoms with Crippen LogP contribution >= 0.6 is 0 Å². The van der Waals surface area contributed by atoms with E-state index in [4.69, 9.17) is 5.14 Å². The molecule has 3 N–H and O–H groups in total. The van der Waals surface area contributed by atoms with Crippen LogP contribution in [-0.4, -0.2) is 18.0 Å². The molecule has 0 radical (unpaired) electrons. The fraction of sp³-hybridized carbons (Fsp3) is 0.0909. The number of halogens is 2. The fourth-order valence-corrected chi connectivity index (χ4v) is 2.29. The maximum atomic E-state index is 13.1. The third kappa shape index (κ3) is 3.41. The van der Waals surface area contributed by atoms with Crippen LogP contribution in [0.3, 0.4) is 0 Å². The fourth-order valence-electron chi connectivity index (χ4n) is 1.71. The van der Waals surface area contributed by atoms with Gasteiger partial charge < -0.3 is 0 Å². The van der Waals surface area contributed by atoms with Gasteiger partial charge in [0.2, 0.25) is 10.0 Å². The van der Waals surface area contributed by atoms with E-state index < -0.39 is 37.8 Å². The molecule has 0 aliphatic carbocycles. The topological polar surface area (TPSA) is 115 Å². The van der Waals surface area contributed by atoms with Crippen molar-refractivity contribution < 1.29 is 17.2 Å². The first-order valence-corrected chi connectivity index (χ1v) is 7.03. The third-order valence-corrected chi connectivity index (χ3v) is 3.46. The summed E-state index contributed by atoms with van der Waals surface area (Å²) in [5, 5.41) is 4.84. The standard InChI is InChI=1S/C11H9F2N3O4S/c12-7-1-6(2-8(13)3-7)4-16-5-9(21(14,19)20)10(17)15-11(16)18/h1-3,5H,4H2,(H2,14,19,20)(H,15,17,18). The molecule has 0 spiro atoms. The zero-order valence-corrected chi connectivity index (χ0v) is 11.2. The molecule has 1 aromatic carbocycles. The van der Waals surface area contributed by atoms with Crippen LogP contribution < -0.4 is 16.4 Å². The molecule has 0 amide bonds. The number of benzene rings is 1. The predicted octanol–water partition coefficient (Wildman–Crippen LogP) is -0.489. The van der Waals surface area contributed by atoms with Crippen LogP contribution in [0.1, 0.15) is 5.56 Å². The first kappa shape index (κ1) is 15.1. The molecule has 0 saturated heterocycles. The minimum Gasteiger partial charge on any atom is -0.295 e. The summed E-state index contributed by atoms with van der Waals surface area (Å²) in [7, 11) is -4.33. The molecule has 2 rings (SSSR count). The summed E-state index contributed by atoms with van der Waals surface area (Å²) in [6.07, 6.45) is 0.722. The molecule has 0 unspecified atom stereocenters. The zero-order chi connectivity index (χ0) is 15.8. The first-order chi connectivity index (χ1) is 9.66. The lowest BCUT2D eigenvalue weighted by Crippen LogP contribution is -2.34. The number of aromatic nitrogens is 2. The van der Waals surface area contributed by atoms with Gasteiger partial charge in [0.25, 0.3) is 5.56 Å². The Balaban J connectivity index is 2.55. The van der Waals surface area contributed by atoms with Gasteiger partial charge in [-0.05, 0) is 17.7 Å². The lowest BCUT2D eigenvalue weighted by Gasteiger charge is -2.07. The van der Waals surface area contributed by atoms with E-state index in [1.54, 1.807) is 4.98 Å². The van der Waals surface area contributed by atoms with E-state index in [1.807, 2.05) is 0 Å². The van der Waals surface area contributed by atoms with Crippen molar-refractivity contribution in [3.05, 3.63) is 62.4 Å². The van der Waals surface area contributed by atoms with Crippen LogP contribution in [-0.2, 0) is 16.6 Å². The van der Waals surface area contributed by atoms with E-state index in [0.717, 1.165) is 22.9 Å². The molecule has 0 aliphatic heterocycles. The molecular weight excluding hydrogens is 308 g/mol. The van der Waals surface area contributed by atoms with Gasteiger partial charge in [-0.1, -0.05) is 0 Å². The number of rotatable bonds is 3. The van der Waals surface area contributed by atoms with Gasteiger partial charge in [-0.15, -0.1) is 0 Å². The monoisotopic (exact) mass is 317 g/mol. The van der Waals surface area contributed by atoms with E-state index in [2.05, 4.69) is 0 Å². The average Bonchev–Trinajstić information content (AvgIpc) is 2.29. The predicted molar refractivity (Wildman–Crippen MR) is 68.2 cm³/mol. The number of nitrogens with one attached hydrogen (secondary N) is 1. The van der Waals surface area contributed by atoms with Crippen molar-refractivity contribution in [3.8, 4) is 0 Å². The summed E-state index contributed by atoms with van der Waals surface area (Å²) in [4.78, 5) is 23.9. The third-order valence-electron chi connectivity index (χ3n) is 2.56. The minimum absolute atomic E-state index is 0.0713. The van der Waals surface area contributed by atoms with Gasteiger partial charge in [0.05, 0.1) is 6.54 Å². The summed E-state index contributed by atoms with van der Waals surface area (Å²) in [5.74, 6) is -1.71. The highest BCUT2D eigenvalue weighted by atomic mass is 32.2. The largest absolute Gasteiger partial charge is 0.328 e. The number of primary sulfonamides is 1. The number of nitrogens with two attached hydrogens (primary N) is 1. The molecule has 0 aliphatic rings. The molecule has 1 aromatic heterocycles. The van der Waals surface area contributed by atoms with Crippen LogP contribution in [0.5, 0.6) is 0 Å². The van der Waals surface area contributed by atoms with Gasteiger partial charge >= 0.3 is 5.69 Å². The van der Waals surface area contributed by atoms with Gasteiger partial charge in [-0.2, -0.15) is 0 Å². The first-order valence-electron chi connectivity index (χ1n) is 5.48. The van der Waals surface area contributed by atoms with Crippen molar-refractivity contribution in [1.82, 2.24) is 9.55 Å². The molecule has 1 heterocycles. The lowest BCUT2D eigenvalue weighted by atomic mass is 10.2. The summed E-state index contributed by atoms with van der Waals surface area (Å²) >= 11 is 0. The van der Waals surface area contributed by atoms with Crippen LogP contribution in [0, 0.1) is 11.6 Å². The smallest absolute Gasteiger partial charge is 0.295 e. The summed E-state index contributed by atoms with van der Waals surface area (Å²) < 4.78 is 49.3. The van der Waals surface area contributed by atoms with Gasteiger partial charge in [0, 0.05) is 12.3 Å². The Hall–Kier alpha value is -2.33. The molecule has 21 heavy (non-hydrogen) atoms. The summed E-state index contributed by atoms with van der Waals surface area (Å²) in [5.41, 5.74) is -2.02. The van der Waals surface area contributed by atoms with Crippen molar-refractivity contribution in [2.24, 2.45) is 5.14 Å². The number of hydrogen-bond acceptors (Lipinski definition) is 4. The highest BCUT2D eigenvalue weighted by Crippen LogP contribution is 2.09. The molecule has 112 valence electrons. The van der Waals surface area contributed by atoms with E-state index in [-0.39, 0.29) is 12.1 Å². The number of hydrogen-bond donors (Lipinski definition) is 2. The molecule has 7 nitrogen and oxygen atoms in total. The molecule has 0 fully saturated rings. The second-order valence-corrected chi connectivity index (χ2v) is 5.73. The van der Waals surface area contributed by atoms with Crippen molar-refractivity contribution in [1.29, 1.82) is 0 Å². The summed E-state index contributed by atoms with van der Waals surface area (Å²) in [6.45, 7) is -0.340. The number of sulfonamides is 1. The van der Waals surface area contributed by atoms with Crippen molar-refractivity contribution in [2.75, 3.05) is 0 Å². The maximum absolute atomic E-state index is 13.1. The Kier molecular flexibility index (Phi) is 3.75. The number of aromatic amines is 1. The molecule has 0 bridgehead atoms. The number of H-pyrrole nitrogens is 1. The highest BCUT2D eigenvalue weighted by molar-refractivity contribution is 7.89. The molecule has 0 saturated carbocycles. The van der Waals surface area contributed by atoms with Crippen LogP contribution in [0.4, 0.5) is 8.78 Å². The Labute approximate surface area is 116 Å². The normalized spacial score (nSPS) is 11.6. The van der Waals surface area contributed by atoms with Gasteiger partial charge in [-0.25, -0.2) is 27.1 Å². The Bertz CT molecular complexity index is 898. The van der Waals surface area contributed by atoms with Gasteiger partial charge in [0.1, 0.15) is 11.6 Å². The summed E-state index contributed by atoms with van der Waals surface area (Å²) in [6, 6.07) is 2.59. The van der Waals surface area contributed by atoms with Gasteiger partial charge in [-0.3, -0.25) is 14.3 Å². The quantitative estimate of drug-likeness (QED) is 0.795. The second-order valence-electron chi connectivity index (χ2n) is 4.20. The van der Waals surface area contributed by atoms with Crippen LogP contribution in [0.15, 0.2) is 38.9 Å². The SMILES string of the molecule is NS(=O)(=O)c1cn(Cc2cc(F)cc(F)c2)c(=O)[nH]c1=O. The Morgan fingerprint density at radius 2 is 1.71 bits per heavy atom. The molecule has 2 aromatic rings. The molecular formula is C11H9F2N3O4S. The van der Waals surface area contributed by atoms with E-state index >= 15 is 0 Å². The van der Waals surface area contributed by atoms with Crippen molar-refractivity contribution in [2.45, 2.75) is 11.4 Å². The minimum atomic E-state index is -4.33. The number of nitrogens with zero attached hydrogens (tertiary/aromatic N) is 1. The van der Waals surface area contributed by atoms with E-state index in [0.29, 0.717) is 6.07 Å². The van der Waals surface area contributed by atoms with Crippen molar-refractivity contribution >= 4 is 10.0 Å². The zero-order valence-electron chi connectivity index (χ0n) is 10.3. The van der Waals surface area contributed by atoms with Gasteiger partial charge in [0.15, 0.2) is 4.90 Å². The Morgan fingerprint density at radius 3 is 2.24 bits per heavy atom. The van der Waals surface area contributed by atoms with E-state index in [1.165, 1.54) is 0 Å². The maximum Gasteiger partial charge on any atom is 0.328 e. The second kappa shape index (κ2) is 5.22. The average molecular weight is 317 g/mol. The molecule has 0 atom stereocenters. The van der Waals surface area contributed by atoms with Crippen molar-refractivity contribution in [3.63, 3.8) is 0 Å². The van der Waals surface area contributed by atoms with Crippen LogP contribution in [0.2, 0.25) is 0 Å². The Morgan fingerprint density at radius 1 is 1.14 bits per heavy atom. The molecule has 10 heteroatoms. The van der Waals surface area contributed by atoms with Crippen LogP contribution in [0.25, 0.3) is 0 Å².